The van der Waals surface area contributed by atoms with Crippen molar-refractivity contribution in [3.63, 3.8) is 0 Å². The summed E-state index contributed by atoms with van der Waals surface area (Å²) < 4.78 is 30.1. The largest absolute Gasteiger partial charge is 0.494 e. The average Bonchev–Trinajstić information content (AvgIpc) is 2.30. The van der Waals surface area contributed by atoms with Crippen LogP contribution in [-0.4, -0.2) is 15.0 Å². The van der Waals surface area contributed by atoms with E-state index in [4.69, 9.17) is 4.74 Å². The molecule has 1 aromatic rings. The van der Waals surface area contributed by atoms with Crippen molar-refractivity contribution in [2.45, 2.75) is 24.7 Å². The number of rotatable bonds is 6. The molecule has 0 saturated heterocycles. The standard InChI is InChI=1S/C11H16NO3S/c1-3-4-9-15-10-5-7-11(8-6-10)16(13,14)12-2/h5-8,12H,2-4,9H2,1H3. The fourth-order valence-corrected chi connectivity index (χ4v) is 1.79. The monoisotopic (exact) mass is 242 g/mol. The molecule has 0 amide bonds. The molecule has 16 heavy (non-hydrogen) atoms. The molecule has 0 aliphatic rings. The van der Waals surface area contributed by atoms with E-state index in [0.29, 0.717) is 12.4 Å². The van der Waals surface area contributed by atoms with Gasteiger partial charge in [0.05, 0.1) is 11.5 Å². The topological polar surface area (TPSA) is 55.4 Å². The summed E-state index contributed by atoms with van der Waals surface area (Å²) in [5, 5.41) is 0. The highest BCUT2D eigenvalue weighted by atomic mass is 32.2. The number of unbranched alkanes of at least 4 members (excludes halogenated alkanes) is 1. The second kappa shape index (κ2) is 5.86. The van der Waals surface area contributed by atoms with Gasteiger partial charge in [-0.05, 0) is 30.7 Å². The molecule has 0 aliphatic carbocycles. The first-order valence-electron chi connectivity index (χ1n) is 5.12. The number of hydrogen-bond acceptors (Lipinski definition) is 3. The average molecular weight is 242 g/mol. The molecule has 0 saturated carbocycles. The predicted octanol–water partition coefficient (Wildman–Crippen LogP) is 1.94. The summed E-state index contributed by atoms with van der Waals surface area (Å²) in [6.45, 7) is 2.73. The van der Waals surface area contributed by atoms with Gasteiger partial charge in [0, 0.05) is 7.05 Å². The van der Waals surface area contributed by atoms with Gasteiger partial charge in [-0.15, -0.1) is 0 Å². The lowest BCUT2D eigenvalue weighted by Crippen LogP contribution is -2.16. The highest BCUT2D eigenvalue weighted by Crippen LogP contribution is 2.15. The molecule has 1 rings (SSSR count). The van der Waals surface area contributed by atoms with E-state index in [1.54, 1.807) is 12.1 Å². The Morgan fingerprint density at radius 1 is 1.31 bits per heavy atom. The Bertz CT molecular complexity index is 411. The number of sulfonamides is 1. The zero-order valence-electron chi connectivity index (χ0n) is 9.27. The first-order valence-corrected chi connectivity index (χ1v) is 6.60. The molecule has 89 valence electrons. The van der Waals surface area contributed by atoms with Crippen molar-refractivity contribution >= 4 is 10.0 Å². The predicted molar refractivity (Wildman–Crippen MR) is 62.5 cm³/mol. The first kappa shape index (κ1) is 13.0. The summed E-state index contributed by atoms with van der Waals surface area (Å²) in [5.74, 6) is 0.677. The third-order valence-corrected chi connectivity index (χ3v) is 3.36. The maximum Gasteiger partial charge on any atom is 0.240 e. The Labute approximate surface area is 96.7 Å². The van der Waals surface area contributed by atoms with Gasteiger partial charge in [0.2, 0.25) is 10.0 Å². The lowest BCUT2D eigenvalue weighted by molar-refractivity contribution is 0.309. The maximum absolute atomic E-state index is 11.4. The number of nitrogens with one attached hydrogen (secondary N) is 1. The van der Waals surface area contributed by atoms with Crippen molar-refractivity contribution in [1.29, 1.82) is 0 Å². The number of ether oxygens (including phenoxy) is 1. The summed E-state index contributed by atoms with van der Waals surface area (Å²) in [6.07, 6.45) is 2.05. The molecule has 0 heterocycles. The minimum Gasteiger partial charge on any atom is -0.494 e. The molecule has 0 spiro atoms. The van der Waals surface area contributed by atoms with Crippen molar-refractivity contribution in [1.82, 2.24) is 4.72 Å². The van der Waals surface area contributed by atoms with Crippen LogP contribution in [0.25, 0.3) is 0 Å². The molecule has 1 radical (unpaired) electrons. The summed E-state index contributed by atoms with van der Waals surface area (Å²) in [5.41, 5.74) is 0. The molecule has 1 N–H and O–H groups in total. The molecule has 0 atom stereocenters. The van der Waals surface area contributed by atoms with E-state index >= 15 is 0 Å². The zero-order valence-corrected chi connectivity index (χ0v) is 10.1. The third-order valence-electron chi connectivity index (χ3n) is 2.09. The van der Waals surface area contributed by atoms with E-state index in [0.717, 1.165) is 12.8 Å². The van der Waals surface area contributed by atoms with Crippen LogP contribution >= 0.6 is 0 Å². The van der Waals surface area contributed by atoms with E-state index in [1.165, 1.54) is 12.1 Å². The highest BCUT2D eigenvalue weighted by molar-refractivity contribution is 7.89. The van der Waals surface area contributed by atoms with Gasteiger partial charge < -0.3 is 4.74 Å². The Hall–Kier alpha value is -1.07. The summed E-state index contributed by atoms with van der Waals surface area (Å²) in [6, 6.07) is 6.27. The number of hydrogen-bond donors (Lipinski definition) is 1. The van der Waals surface area contributed by atoms with Crippen LogP contribution in [0.2, 0.25) is 0 Å². The lowest BCUT2D eigenvalue weighted by atomic mass is 10.3. The van der Waals surface area contributed by atoms with Gasteiger partial charge in [0.25, 0.3) is 0 Å². The number of benzene rings is 1. The Balaban J connectivity index is 2.68. The van der Waals surface area contributed by atoms with Crippen LogP contribution in [-0.2, 0) is 10.0 Å². The molecule has 4 nitrogen and oxygen atoms in total. The molecule has 0 unspecified atom stereocenters. The fourth-order valence-electron chi connectivity index (χ4n) is 1.13. The molecule has 0 fully saturated rings. The molecule has 1 aromatic carbocycles. The van der Waals surface area contributed by atoms with E-state index in [2.05, 4.69) is 14.0 Å². The minimum absolute atomic E-state index is 0.186. The van der Waals surface area contributed by atoms with Gasteiger partial charge in [-0.1, -0.05) is 13.3 Å². The first-order chi connectivity index (χ1) is 7.60. The van der Waals surface area contributed by atoms with Crippen molar-refractivity contribution < 1.29 is 13.2 Å². The van der Waals surface area contributed by atoms with Gasteiger partial charge >= 0.3 is 0 Å². The second-order valence-electron chi connectivity index (χ2n) is 3.32. The van der Waals surface area contributed by atoms with E-state index < -0.39 is 10.0 Å². The molecule has 0 bridgehead atoms. The quantitative estimate of drug-likeness (QED) is 0.775. The maximum atomic E-state index is 11.4. The summed E-state index contributed by atoms with van der Waals surface area (Å²) in [7, 11) is -0.309. The Kier molecular flexibility index (Phi) is 4.76. The molecule has 0 aromatic heterocycles. The fraction of sp³-hybridized carbons (Fsp3) is 0.364. The Morgan fingerprint density at radius 2 is 1.94 bits per heavy atom. The normalized spacial score (nSPS) is 11.4. The van der Waals surface area contributed by atoms with Crippen molar-refractivity contribution in [3.8, 4) is 5.75 Å². The molecular weight excluding hydrogens is 226 g/mol. The van der Waals surface area contributed by atoms with Gasteiger partial charge in [0.15, 0.2) is 0 Å². The zero-order chi connectivity index (χ0) is 12.0. The van der Waals surface area contributed by atoms with Crippen LogP contribution < -0.4 is 9.46 Å². The SMILES string of the molecule is [CH2]NS(=O)(=O)c1ccc(OCCCC)cc1. The van der Waals surface area contributed by atoms with Gasteiger partial charge in [-0.25, -0.2) is 13.1 Å². The minimum atomic E-state index is -3.46. The van der Waals surface area contributed by atoms with Crippen LogP contribution in [0.3, 0.4) is 0 Å². The lowest BCUT2D eigenvalue weighted by Gasteiger charge is -2.06. The second-order valence-corrected chi connectivity index (χ2v) is 5.09. The van der Waals surface area contributed by atoms with Gasteiger partial charge in [-0.3, -0.25) is 0 Å². The van der Waals surface area contributed by atoms with Gasteiger partial charge in [0.1, 0.15) is 5.75 Å². The van der Waals surface area contributed by atoms with Crippen LogP contribution in [0, 0.1) is 7.05 Å². The summed E-state index contributed by atoms with van der Waals surface area (Å²) in [4.78, 5) is 0.186. The van der Waals surface area contributed by atoms with E-state index in [1.807, 2.05) is 4.72 Å². The van der Waals surface area contributed by atoms with Crippen molar-refractivity contribution in [2.24, 2.45) is 0 Å². The van der Waals surface area contributed by atoms with Crippen LogP contribution in [0.1, 0.15) is 19.8 Å². The summed E-state index contributed by atoms with van der Waals surface area (Å²) >= 11 is 0. The van der Waals surface area contributed by atoms with Crippen LogP contribution in [0.4, 0.5) is 0 Å². The van der Waals surface area contributed by atoms with E-state index in [9.17, 15) is 8.42 Å². The smallest absolute Gasteiger partial charge is 0.240 e. The van der Waals surface area contributed by atoms with Crippen LogP contribution in [0.5, 0.6) is 5.75 Å². The molecular formula is C11H16NO3S. The van der Waals surface area contributed by atoms with Crippen molar-refractivity contribution in [3.05, 3.63) is 31.3 Å². The van der Waals surface area contributed by atoms with E-state index in [-0.39, 0.29) is 4.90 Å². The molecule has 0 aliphatic heterocycles. The van der Waals surface area contributed by atoms with Crippen molar-refractivity contribution in [2.75, 3.05) is 6.61 Å². The highest BCUT2D eigenvalue weighted by Gasteiger charge is 2.10. The molecule has 5 heteroatoms. The van der Waals surface area contributed by atoms with Gasteiger partial charge in [-0.2, -0.15) is 0 Å². The third kappa shape index (κ3) is 3.50. The Morgan fingerprint density at radius 3 is 2.44 bits per heavy atom. The van der Waals surface area contributed by atoms with Crippen LogP contribution in [0.15, 0.2) is 29.2 Å².